The molecule has 1 aromatic heterocycles. The predicted octanol–water partition coefficient (Wildman–Crippen LogP) is 1.61. The molecule has 0 aromatic carbocycles. The summed E-state index contributed by atoms with van der Waals surface area (Å²) in [4.78, 5) is 23.2. The van der Waals surface area contributed by atoms with Crippen molar-refractivity contribution in [2.45, 2.75) is 59.1 Å². The van der Waals surface area contributed by atoms with E-state index in [0.29, 0.717) is 17.0 Å². The number of ether oxygens (including phenoxy) is 1. The second-order valence-electron chi connectivity index (χ2n) is 6.19. The van der Waals surface area contributed by atoms with Crippen LogP contribution in [0.2, 0.25) is 0 Å². The number of nitrogens with zero attached hydrogens (tertiary/aromatic N) is 1. The highest BCUT2D eigenvalue weighted by atomic mass is 16.5. The maximum absolute atomic E-state index is 12.0. The lowest BCUT2D eigenvalue weighted by Crippen LogP contribution is -2.42. The molecule has 0 aliphatic rings. The molecule has 0 aliphatic heterocycles. The zero-order valence-corrected chi connectivity index (χ0v) is 13.7. The summed E-state index contributed by atoms with van der Waals surface area (Å²) in [5.41, 5.74) is 0.979. The highest BCUT2D eigenvalue weighted by Gasteiger charge is 2.22. The topological polar surface area (TPSA) is 102 Å². The molecule has 0 spiro atoms. The number of aromatic nitrogens is 1. The van der Waals surface area contributed by atoms with Gasteiger partial charge in [-0.25, -0.2) is 4.79 Å². The molecule has 1 amide bonds. The highest BCUT2D eigenvalue weighted by molar-refractivity contribution is 5.85. The van der Waals surface area contributed by atoms with Crippen molar-refractivity contribution in [3.8, 4) is 0 Å². The number of amides is 1. The Morgan fingerprint density at radius 1 is 1.36 bits per heavy atom. The minimum absolute atomic E-state index is 0.0467. The van der Waals surface area contributed by atoms with Crippen molar-refractivity contribution in [1.29, 1.82) is 0 Å². The third-order valence-electron chi connectivity index (χ3n) is 3.09. The van der Waals surface area contributed by atoms with Gasteiger partial charge in [-0.1, -0.05) is 5.16 Å². The van der Waals surface area contributed by atoms with Crippen LogP contribution in [-0.4, -0.2) is 40.4 Å². The molecule has 0 bridgehead atoms. The fourth-order valence-corrected chi connectivity index (χ4v) is 1.90. The summed E-state index contributed by atoms with van der Waals surface area (Å²) < 4.78 is 10.5. The molecule has 1 heterocycles. The second-order valence-corrected chi connectivity index (χ2v) is 6.19. The third-order valence-corrected chi connectivity index (χ3v) is 3.09. The number of carboxylic acids is 1. The number of nitrogens with one attached hydrogen (secondary N) is 1. The van der Waals surface area contributed by atoms with Crippen molar-refractivity contribution in [3.05, 3.63) is 17.0 Å². The first-order chi connectivity index (χ1) is 10.1. The Kier molecular flexibility index (Phi) is 6.11. The first kappa shape index (κ1) is 18.2. The summed E-state index contributed by atoms with van der Waals surface area (Å²) in [5, 5.41) is 15.5. The van der Waals surface area contributed by atoms with Gasteiger partial charge in [0, 0.05) is 18.6 Å². The van der Waals surface area contributed by atoms with E-state index < -0.39 is 12.0 Å². The van der Waals surface area contributed by atoms with E-state index in [1.54, 1.807) is 13.8 Å². The van der Waals surface area contributed by atoms with Crippen LogP contribution < -0.4 is 5.32 Å². The summed E-state index contributed by atoms with van der Waals surface area (Å²) in [7, 11) is 0. The molecule has 0 saturated heterocycles. The van der Waals surface area contributed by atoms with Gasteiger partial charge < -0.3 is 19.7 Å². The van der Waals surface area contributed by atoms with Crippen molar-refractivity contribution < 1.29 is 24.0 Å². The molecule has 22 heavy (non-hydrogen) atoms. The summed E-state index contributed by atoms with van der Waals surface area (Å²) in [6.07, 6.45) is 0.255. The van der Waals surface area contributed by atoms with Crippen LogP contribution in [-0.2, 0) is 20.7 Å². The second kappa shape index (κ2) is 7.40. The maximum Gasteiger partial charge on any atom is 0.326 e. The van der Waals surface area contributed by atoms with Crippen LogP contribution in [0.25, 0.3) is 0 Å². The zero-order chi connectivity index (χ0) is 16.9. The lowest BCUT2D eigenvalue weighted by molar-refractivity contribution is -0.142. The average molecular weight is 312 g/mol. The fraction of sp³-hybridized carbons (Fsp3) is 0.667. The lowest BCUT2D eigenvalue weighted by atomic mass is 10.1. The summed E-state index contributed by atoms with van der Waals surface area (Å²) >= 11 is 0. The highest BCUT2D eigenvalue weighted by Crippen LogP contribution is 2.13. The van der Waals surface area contributed by atoms with Crippen LogP contribution >= 0.6 is 0 Å². The number of aryl methyl sites for hydroxylation is 2. The van der Waals surface area contributed by atoms with Crippen molar-refractivity contribution in [3.63, 3.8) is 0 Å². The molecular formula is C15H24N2O5. The molecule has 0 aliphatic carbocycles. The van der Waals surface area contributed by atoms with E-state index >= 15 is 0 Å². The van der Waals surface area contributed by atoms with E-state index in [4.69, 9.17) is 9.26 Å². The summed E-state index contributed by atoms with van der Waals surface area (Å²) in [6, 6.07) is -0.977. The minimum atomic E-state index is -1.08. The van der Waals surface area contributed by atoms with E-state index in [-0.39, 0.29) is 31.0 Å². The molecule has 1 atom stereocenters. The number of hydrogen-bond acceptors (Lipinski definition) is 5. The summed E-state index contributed by atoms with van der Waals surface area (Å²) in [6.45, 7) is 9.38. The van der Waals surface area contributed by atoms with E-state index in [1.807, 2.05) is 20.8 Å². The minimum Gasteiger partial charge on any atom is -0.480 e. The number of carboxylic acid groups (broad SMARTS) is 1. The van der Waals surface area contributed by atoms with E-state index in [0.717, 1.165) is 0 Å². The zero-order valence-electron chi connectivity index (χ0n) is 13.7. The molecule has 0 saturated carbocycles. The van der Waals surface area contributed by atoms with Crippen LogP contribution in [0.5, 0.6) is 0 Å². The van der Waals surface area contributed by atoms with Gasteiger partial charge in [-0.2, -0.15) is 0 Å². The number of carbonyl (C=O) groups excluding carboxylic acids is 1. The van der Waals surface area contributed by atoms with Gasteiger partial charge in [0.25, 0.3) is 0 Å². The fourth-order valence-electron chi connectivity index (χ4n) is 1.90. The van der Waals surface area contributed by atoms with Crippen molar-refractivity contribution in [2.24, 2.45) is 0 Å². The molecule has 1 aromatic rings. The van der Waals surface area contributed by atoms with E-state index in [2.05, 4.69) is 10.5 Å². The largest absolute Gasteiger partial charge is 0.480 e. The van der Waals surface area contributed by atoms with Crippen LogP contribution in [0.15, 0.2) is 4.52 Å². The van der Waals surface area contributed by atoms with Gasteiger partial charge >= 0.3 is 5.97 Å². The normalized spacial score (nSPS) is 13.0. The Morgan fingerprint density at radius 3 is 2.45 bits per heavy atom. The van der Waals surface area contributed by atoms with Crippen molar-refractivity contribution in [2.75, 3.05) is 6.61 Å². The molecular weight excluding hydrogens is 288 g/mol. The Morgan fingerprint density at radius 2 is 2.00 bits per heavy atom. The number of aliphatic carboxylic acids is 1. The first-order valence-electron chi connectivity index (χ1n) is 7.18. The van der Waals surface area contributed by atoms with Gasteiger partial charge in [-0.05, 0) is 34.6 Å². The molecule has 7 heteroatoms. The standard InChI is InChI=1S/C15H24N2O5/c1-9-11(10(2)22-17-9)8-13(18)16-12(14(19)20)6-7-21-15(3,4)5/h12H,6-8H2,1-5H3,(H,16,18)(H,19,20). The Hall–Kier alpha value is -1.89. The molecule has 0 radical (unpaired) electrons. The molecule has 1 rings (SSSR count). The molecule has 1 unspecified atom stereocenters. The summed E-state index contributed by atoms with van der Waals surface area (Å²) in [5.74, 6) is -0.891. The van der Waals surface area contributed by atoms with Gasteiger partial charge in [-0.3, -0.25) is 4.79 Å². The maximum atomic E-state index is 12.0. The lowest BCUT2D eigenvalue weighted by Gasteiger charge is -2.21. The average Bonchev–Trinajstić information content (AvgIpc) is 2.67. The van der Waals surface area contributed by atoms with Gasteiger partial charge in [0.1, 0.15) is 11.8 Å². The molecule has 2 N–H and O–H groups in total. The van der Waals surface area contributed by atoms with Gasteiger partial charge in [0.2, 0.25) is 5.91 Å². The Balaban J connectivity index is 2.56. The Labute approximate surface area is 130 Å². The number of rotatable bonds is 7. The van der Waals surface area contributed by atoms with Crippen molar-refractivity contribution in [1.82, 2.24) is 10.5 Å². The SMILES string of the molecule is Cc1noc(C)c1CC(=O)NC(CCOC(C)(C)C)C(=O)O. The molecule has 7 nitrogen and oxygen atoms in total. The number of carbonyl (C=O) groups is 2. The Bertz CT molecular complexity index is 511. The molecule has 0 fully saturated rings. The monoisotopic (exact) mass is 312 g/mol. The van der Waals surface area contributed by atoms with Crippen LogP contribution in [0.4, 0.5) is 0 Å². The smallest absolute Gasteiger partial charge is 0.326 e. The van der Waals surface area contributed by atoms with Crippen molar-refractivity contribution >= 4 is 11.9 Å². The van der Waals surface area contributed by atoms with Gasteiger partial charge in [-0.15, -0.1) is 0 Å². The van der Waals surface area contributed by atoms with Gasteiger partial charge in [0.05, 0.1) is 17.7 Å². The first-order valence-corrected chi connectivity index (χ1v) is 7.18. The van der Waals surface area contributed by atoms with E-state index in [1.165, 1.54) is 0 Å². The van der Waals surface area contributed by atoms with E-state index in [9.17, 15) is 14.7 Å². The third kappa shape index (κ3) is 5.85. The number of hydrogen-bond donors (Lipinski definition) is 2. The van der Waals surface area contributed by atoms with Gasteiger partial charge in [0.15, 0.2) is 0 Å². The van der Waals surface area contributed by atoms with Crippen LogP contribution in [0, 0.1) is 13.8 Å². The van der Waals surface area contributed by atoms with Crippen LogP contribution in [0.1, 0.15) is 44.2 Å². The molecule has 124 valence electrons. The quantitative estimate of drug-likeness (QED) is 0.793. The predicted molar refractivity (Wildman–Crippen MR) is 79.6 cm³/mol. The van der Waals surface area contributed by atoms with Crippen LogP contribution in [0.3, 0.4) is 0 Å².